The molecule has 0 aliphatic rings. The van der Waals surface area contributed by atoms with E-state index >= 15 is 0 Å². The Morgan fingerprint density at radius 3 is 2.42 bits per heavy atom. The van der Waals surface area contributed by atoms with Crippen molar-refractivity contribution in [2.75, 3.05) is 0 Å². The van der Waals surface area contributed by atoms with Gasteiger partial charge in [-0.3, -0.25) is 0 Å². The van der Waals surface area contributed by atoms with Gasteiger partial charge in [-0.05, 0) is 42.9 Å². The summed E-state index contributed by atoms with van der Waals surface area (Å²) in [6.45, 7) is 2.08. The summed E-state index contributed by atoms with van der Waals surface area (Å²) in [6.07, 6.45) is 1.97. The Balaban J connectivity index is 2.13. The second-order valence-corrected chi connectivity index (χ2v) is 4.78. The van der Waals surface area contributed by atoms with Gasteiger partial charge in [-0.25, -0.2) is 0 Å². The summed E-state index contributed by atoms with van der Waals surface area (Å²) in [5, 5.41) is 3.19. The van der Waals surface area contributed by atoms with Crippen molar-refractivity contribution < 1.29 is 4.57 Å². The van der Waals surface area contributed by atoms with Gasteiger partial charge in [0, 0.05) is 0 Å². The Morgan fingerprint density at radius 2 is 1.68 bits per heavy atom. The summed E-state index contributed by atoms with van der Waals surface area (Å²) in [6, 6.07) is 18.3. The van der Waals surface area contributed by atoms with Gasteiger partial charge in [-0.15, -0.1) is 9.78 Å². The van der Waals surface area contributed by atoms with Crippen LogP contribution in [-0.4, -0.2) is 9.78 Å². The predicted molar refractivity (Wildman–Crippen MR) is 77.2 cm³/mol. The second kappa shape index (κ2) is 4.82. The van der Waals surface area contributed by atoms with Gasteiger partial charge in [0.2, 0.25) is 6.33 Å². The molecule has 1 aromatic heterocycles. The summed E-state index contributed by atoms with van der Waals surface area (Å²) in [5.41, 5.74) is 3.35. The number of hydrogen-bond acceptors (Lipinski definition) is 1. The maximum absolute atomic E-state index is 5.38. The molecule has 3 nitrogen and oxygen atoms in total. The molecule has 4 heteroatoms. The molecule has 3 rings (SSSR count). The smallest absolute Gasteiger partial charge is 0.190 e. The average molecular weight is 268 g/mol. The van der Waals surface area contributed by atoms with Crippen LogP contribution in [0.2, 0.25) is 0 Å². The van der Waals surface area contributed by atoms with Gasteiger partial charge in [-0.1, -0.05) is 36.4 Å². The summed E-state index contributed by atoms with van der Waals surface area (Å²) in [4.78, 5) is 0. The maximum Gasteiger partial charge on any atom is 0.328 e. The minimum absolute atomic E-state index is 0.675. The lowest BCUT2D eigenvalue weighted by molar-refractivity contribution is -0.603. The fraction of sp³-hybridized carbons (Fsp3) is 0.0667. The highest BCUT2D eigenvalue weighted by Gasteiger charge is 2.12. The quantitative estimate of drug-likeness (QED) is 0.560. The molecule has 0 radical (unpaired) electrons. The summed E-state index contributed by atoms with van der Waals surface area (Å²) in [5.74, 6) is 0. The molecule has 0 amide bonds. The van der Waals surface area contributed by atoms with E-state index in [9.17, 15) is 0 Å². The molecule has 0 fully saturated rings. The van der Waals surface area contributed by atoms with Gasteiger partial charge >= 0.3 is 4.77 Å². The Labute approximate surface area is 116 Å². The van der Waals surface area contributed by atoms with E-state index < -0.39 is 0 Å². The normalized spacial score (nSPS) is 10.6. The molecule has 0 bridgehead atoms. The topological polar surface area (TPSA) is 24.6 Å². The summed E-state index contributed by atoms with van der Waals surface area (Å²) < 4.78 is 4.58. The zero-order valence-corrected chi connectivity index (χ0v) is 11.4. The number of benzene rings is 2. The molecule has 0 aliphatic carbocycles. The zero-order valence-electron chi connectivity index (χ0n) is 10.6. The highest BCUT2D eigenvalue weighted by molar-refractivity contribution is 7.71. The number of nitrogens with zero attached hydrogens (tertiary/aromatic N) is 2. The maximum atomic E-state index is 5.38. The largest absolute Gasteiger partial charge is 0.328 e. The predicted octanol–water partition coefficient (Wildman–Crippen LogP) is 3.12. The molecule has 0 aliphatic heterocycles. The van der Waals surface area contributed by atoms with Crippen molar-refractivity contribution >= 4 is 12.2 Å². The van der Waals surface area contributed by atoms with Gasteiger partial charge in [0.1, 0.15) is 11.4 Å². The highest BCUT2D eigenvalue weighted by atomic mass is 32.1. The number of hydrogen-bond donors (Lipinski definition) is 1. The molecule has 2 aromatic carbocycles. The molecule has 19 heavy (non-hydrogen) atoms. The first-order valence-electron chi connectivity index (χ1n) is 6.10. The van der Waals surface area contributed by atoms with Crippen LogP contribution in [0.3, 0.4) is 0 Å². The van der Waals surface area contributed by atoms with Crippen LogP contribution in [0.5, 0.6) is 0 Å². The van der Waals surface area contributed by atoms with Crippen LogP contribution < -0.4 is 4.57 Å². The van der Waals surface area contributed by atoms with E-state index in [0.717, 1.165) is 11.4 Å². The molecular formula is C15H14N3S+. The molecule has 0 spiro atoms. The molecule has 94 valence electrons. The van der Waals surface area contributed by atoms with Crippen molar-refractivity contribution in [2.24, 2.45) is 0 Å². The summed E-state index contributed by atoms with van der Waals surface area (Å²) in [7, 11) is 0. The third-order valence-electron chi connectivity index (χ3n) is 3.08. The van der Waals surface area contributed by atoms with E-state index in [1.165, 1.54) is 5.56 Å². The third kappa shape index (κ3) is 2.22. The highest BCUT2D eigenvalue weighted by Crippen LogP contribution is 2.11. The molecule has 1 heterocycles. The first-order valence-corrected chi connectivity index (χ1v) is 6.51. The molecular weight excluding hydrogens is 254 g/mol. The zero-order chi connectivity index (χ0) is 13.2. The molecule has 0 saturated heterocycles. The lowest BCUT2D eigenvalue weighted by atomic mass is 10.2. The van der Waals surface area contributed by atoms with Crippen molar-refractivity contribution in [3.05, 3.63) is 71.3 Å². The summed E-state index contributed by atoms with van der Waals surface area (Å²) >= 11 is 5.38. The van der Waals surface area contributed by atoms with E-state index in [4.69, 9.17) is 12.2 Å². The second-order valence-electron chi connectivity index (χ2n) is 4.39. The van der Waals surface area contributed by atoms with Gasteiger partial charge in [-0.2, -0.15) is 4.57 Å². The van der Waals surface area contributed by atoms with Crippen LogP contribution in [0.1, 0.15) is 5.56 Å². The molecule has 0 saturated carbocycles. The van der Waals surface area contributed by atoms with Gasteiger partial charge in [0.25, 0.3) is 0 Å². The Kier molecular flexibility index (Phi) is 3.01. The monoisotopic (exact) mass is 268 g/mol. The van der Waals surface area contributed by atoms with Crippen molar-refractivity contribution in [2.45, 2.75) is 6.92 Å². The number of nitrogens with one attached hydrogen (secondary N) is 1. The van der Waals surface area contributed by atoms with Crippen LogP contribution in [0.25, 0.3) is 11.4 Å². The minimum atomic E-state index is 0.675. The lowest BCUT2D eigenvalue weighted by Gasteiger charge is -1.98. The van der Waals surface area contributed by atoms with Crippen molar-refractivity contribution in [1.82, 2.24) is 9.78 Å². The lowest BCUT2D eigenvalue weighted by Crippen LogP contribution is -2.29. The van der Waals surface area contributed by atoms with Crippen LogP contribution >= 0.6 is 12.2 Å². The SMILES string of the molecule is Cc1ccccc1-n1c[n+](-c2ccccc2)c(=S)[nH]1. The van der Waals surface area contributed by atoms with E-state index in [0.29, 0.717) is 4.77 Å². The number of H-pyrrole nitrogens is 1. The fourth-order valence-electron chi connectivity index (χ4n) is 2.08. The van der Waals surface area contributed by atoms with E-state index in [2.05, 4.69) is 24.2 Å². The van der Waals surface area contributed by atoms with E-state index in [1.54, 1.807) is 0 Å². The first kappa shape index (κ1) is 11.9. The van der Waals surface area contributed by atoms with E-state index in [1.807, 2.05) is 58.0 Å². The van der Waals surface area contributed by atoms with Crippen LogP contribution in [0.15, 0.2) is 60.9 Å². The van der Waals surface area contributed by atoms with Crippen LogP contribution in [0.4, 0.5) is 0 Å². The molecule has 0 unspecified atom stereocenters. The van der Waals surface area contributed by atoms with Gasteiger partial charge in [0.15, 0.2) is 0 Å². The van der Waals surface area contributed by atoms with Crippen LogP contribution in [0, 0.1) is 11.7 Å². The van der Waals surface area contributed by atoms with Crippen LogP contribution in [-0.2, 0) is 0 Å². The molecule has 0 atom stereocenters. The van der Waals surface area contributed by atoms with Gasteiger partial charge < -0.3 is 0 Å². The number of aromatic nitrogens is 3. The van der Waals surface area contributed by atoms with Crippen molar-refractivity contribution in [3.63, 3.8) is 0 Å². The molecule has 3 aromatic rings. The fourth-order valence-corrected chi connectivity index (χ4v) is 2.33. The number of aromatic amines is 1. The third-order valence-corrected chi connectivity index (χ3v) is 3.36. The average Bonchev–Trinajstić information content (AvgIpc) is 2.82. The first-order chi connectivity index (χ1) is 9.25. The van der Waals surface area contributed by atoms with E-state index in [-0.39, 0.29) is 0 Å². The van der Waals surface area contributed by atoms with Crippen molar-refractivity contribution in [1.29, 1.82) is 0 Å². The number of aryl methyl sites for hydroxylation is 1. The Hall–Kier alpha value is -2.20. The Morgan fingerprint density at radius 1 is 1.00 bits per heavy atom. The molecule has 1 N–H and O–H groups in total. The Bertz CT molecular complexity index is 756. The number of para-hydroxylation sites is 2. The number of rotatable bonds is 2. The van der Waals surface area contributed by atoms with Gasteiger partial charge in [0.05, 0.1) is 0 Å². The standard InChI is InChI=1S/C15H13N3S/c1-12-7-5-6-10-14(12)18-11-17(15(19)16-18)13-8-3-2-4-9-13/h2-11H,1H3/p+1. The van der Waals surface area contributed by atoms with Crippen molar-refractivity contribution in [3.8, 4) is 11.4 Å². The minimum Gasteiger partial charge on any atom is -0.190 e.